The van der Waals surface area contributed by atoms with Gasteiger partial charge in [-0.15, -0.1) is 11.8 Å². The van der Waals surface area contributed by atoms with E-state index in [0.29, 0.717) is 6.04 Å². The Morgan fingerprint density at radius 1 is 1.78 bits per heavy atom. The molecule has 2 aliphatic rings. The summed E-state index contributed by atoms with van der Waals surface area (Å²) in [5.74, 6) is 0.273. The van der Waals surface area contributed by atoms with E-state index in [9.17, 15) is 4.79 Å². The maximum absolute atomic E-state index is 10.9. The van der Waals surface area contributed by atoms with E-state index in [-0.39, 0.29) is 11.2 Å². The van der Waals surface area contributed by atoms with Crippen molar-refractivity contribution in [3.8, 4) is 0 Å². The fraction of sp³-hybridized carbons (Fsp3) is 0.500. The van der Waals surface area contributed by atoms with Gasteiger partial charge < -0.3 is 4.90 Å². The number of rotatable bonds is 0. The third kappa shape index (κ3) is 0.503. The van der Waals surface area contributed by atoms with Crippen molar-refractivity contribution in [2.24, 2.45) is 0 Å². The summed E-state index contributed by atoms with van der Waals surface area (Å²) in [7, 11) is 1.85. The number of fused-ring (bicyclic) bond motifs is 1. The summed E-state index contributed by atoms with van der Waals surface area (Å²) in [6.07, 6.45) is 2.08. The second-order valence-corrected chi connectivity index (χ2v) is 3.38. The molecule has 0 aromatic carbocycles. The standard InChI is InChI=1S/C6H7NOS/c1-7-4-2-3-9-5(4)6(7)8/h2-5H,1H3/t4-,5+/m1/s1. The van der Waals surface area contributed by atoms with Crippen molar-refractivity contribution >= 4 is 17.7 Å². The zero-order valence-electron chi connectivity index (χ0n) is 5.07. The molecule has 0 saturated carbocycles. The van der Waals surface area contributed by atoms with E-state index in [2.05, 4.69) is 6.08 Å². The van der Waals surface area contributed by atoms with Gasteiger partial charge in [0.05, 0.1) is 6.04 Å². The monoisotopic (exact) mass is 141 g/mol. The molecule has 1 amide bonds. The number of hydrogen-bond acceptors (Lipinski definition) is 2. The summed E-state index contributed by atoms with van der Waals surface area (Å²) < 4.78 is 0. The zero-order chi connectivity index (χ0) is 6.43. The number of β-lactam (4-membered cyclic amide) rings is 1. The highest BCUT2D eigenvalue weighted by Gasteiger charge is 2.45. The molecule has 2 atom stereocenters. The smallest absolute Gasteiger partial charge is 0.238 e. The number of hydrogen-bond donors (Lipinski definition) is 0. The number of carbonyl (C=O) groups is 1. The van der Waals surface area contributed by atoms with Crippen LogP contribution < -0.4 is 0 Å². The summed E-state index contributed by atoms with van der Waals surface area (Å²) in [6.45, 7) is 0. The molecule has 1 fully saturated rings. The third-order valence-electron chi connectivity index (χ3n) is 1.85. The minimum atomic E-state index is 0.231. The molecule has 0 bridgehead atoms. The first kappa shape index (κ1) is 5.35. The number of amides is 1. The van der Waals surface area contributed by atoms with Crippen LogP contribution in [0.15, 0.2) is 11.5 Å². The second kappa shape index (κ2) is 1.53. The Kier molecular flexibility index (Phi) is 0.913. The zero-order valence-corrected chi connectivity index (χ0v) is 5.89. The van der Waals surface area contributed by atoms with Gasteiger partial charge in [-0.1, -0.05) is 6.08 Å². The molecule has 3 heteroatoms. The molecule has 0 aromatic rings. The topological polar surface area (TPSA) is 20.3 Å². The summed E-state index contributed by atoms with van der Waals surface area (Å²) in [6, 6.07) is 0.405. The highest BCUT2D eigenvalue weighted by molar-refractivity contribution is 8.03. The van der Waals surface area contributed by atoms with Crippen LogP contribution in [-0.4, -0.2) is 29.1 Å². The molecule has 2 aliphatic heterocycles. The summed E-state index contributed by atoms with van der Waals surface area (Å²) in [4.78, 5) is 12.7. The molecule has 0 N–H and O–H groups in total. The van der Waals surface area contributed by atoms with Crippen molar-refractivity contribution in [3.05, 3.63) is 11.5 Å². The quantitative estimate of drug-likeness (QED) is 0.457. The molecule has 2 nitrogen and oxygen atoms in total. The number of likely N-dealkylation sites (N-methyl/N-ethyl adjacent to an activating group) is 1. The molecule has 2 rings (SSSR count). The molecule has 1 saturated heterocycles. The van der Waals surface area contributed by atoms with Gasteiger partial charge >= 0.3 is 0 Å². The Morgan fingerprint density at radius 2 is 2.56 bits per heavy atom. The Balaban J connectivity index is 2.21. The molecule has 0 aromatic heterocycles. The van der Waals surface area contributed by atoms with Crippen LogP contribution in [0.2, 0.25) is 0 Å². The number of thioether (sulfide) groups is 1. The first-order chi connectivity index (χ1) is 4.30. The van der Waals surface area contributed by atoms with Gasteiger partial charge in [0.15, 0.2) is 0 Å². The van der Waals surface area contributed by atoms with Crippen LogP contribution in [0.3, 0.4) is 0 Å². The molecular formula is C6H7NOS. The van der Waals surface area contributed by atoms with E-state index in [0.717, 1.165) is 0 Å². The van der Waals surface area contributed by atoms with Crippen molar-refractivity contribution in [3.63, 3.8) is 0 Å². The van der Waals surface area contributed by atoms with Crippen LogP contribution in [0.4, 0.5) is 0 Å². The molecule has 0 spiro atoms. The van der Waals surface area contributed by atoms with Gasteiger partial charge in [-0.25, -0.2) is 0 Å². The largest absolute Gasteiger partial charge is 0.337 e. The van der Waals surface area contributed by atoms with Crippen molar-refractivity contribution in [2.75, 3.05) is 7.05 Å². The van der Waals surface area contributed by atoms with Gasteiger partial charge in [0.25, 0.3) is 0 Å². The molecule has 0 aliphatic carbocycles. The number of nitrogens with zero attached hydrogens (tertiary/aromatic N) is 1. The van der Waals surface area contributed by atoms with Gasteiger partial charge in [0.1, 0.15) is 5.25 Å². The summed E-state index contributed by atoms with van der Waals surface area (Å²) >= 11 is 1.63. The van der Waals surface area contributed by atoms with Crippen molar-refractivity contribution in [2.45, 2.75) is 11.3 Å². The predicted molar refractivity (Wildman–Crippen MR) is 37.1 cm³/mol. The van der Waals surface area contributed by atoms with Crippen molar-refractivity contribution in [1.29, 1.82) is 0 Å². The van der Waals surface area contributed by atoms with E-state index < -0.39 is 0 Å². The maximum Gasteiger partial charge on any atom is 0.238 e. The Bertz CT molecular complexity index is 189. The van der Waals surface area contributed by atoms with Crippen molar-refractivity contribution < 1.29 is 4.79 Å². The van der Waals surface area contributed by atoms with Crippen molar-refractivity contribution in [1.82, 2.24) is 4.90 Å². The van der Waals surface area contributed by atoms with Gasteiger partial charge in [0, 0.05) is 7.05 Å². The highest BCUT2D eigenvalue weighted by Crippen LogP contribution is 2.36. The molecule has 48 valence electrons. The molecule has 0 unspecified atom stereocenters. The Hall–Kier alpha value is -0.440. The number of carbonyl (C=O) groups excluding carboxylic acids is 1. The minimum absolute atomic E-state index is 0.231. The summed E-state index contributed by atoms with van der Waals surface area (Å²) in [5, 5.41) is 2.24. The fourth-order valence-electron chi connectivity index (χ4n) is 1.19. The van der Waals surface area contributed by atoms with Crippen LogP contribution in [0, 0.1) is 0 Å². The molecule has 9 heavy (non-hydrogen) atoms. The highest BCUT2D eigenvalue weighted by atomic mass is 32.2. The van der Waals surface area contributed by atoms with Crippen LogP contribution >= 0.6 is 11.8 Å². The van der Waals surface area contributed by atoms with Crippen LogP contribution in [-0.2, 0) is 4.79 Å². The second-order valence-electron chi connectivity index (χ2n) is 2.32. The normalized spacial score (nSPS) is 38.8. The number of likely N-dealkylation sites (tertiary alicyclic amines) is 1. The first-order valence-corrected chi connectivity index (χ1v) is 3.84. The van der Waals surface area contributed by atoms with Gasteiger partial charge in [-0.2, -0.15) is 0 Å². The third-order valence-corrected chi connectivity index (χ3v) is 2.94. The predicted octanol–water partition coefficient (Wildman–Crippen LogP) is 0.456. The van der Waals surface area contributed by atoms with E-state index in [1.54, 1.807) is 16.7 Å². The van der Waals surface area contributed by atoms with E-state index in [4.69, 9.17) is 0 Å². The van der Waals surface area contributed by atoms with Gasteiger partial charge in [-0.05, 0) is 5.41 Å². The lowest BCUT2D eigenvalue weighted by Crippen LogP contribution is -2.58. The molecule has 0 radical (unpaired) electrons. The van der Waals surface area contributed by atoms with E-state index in [1.165, 1.54) is 0 Å². The summed E-state index contributed by atoms with van der Waals surface area (Å²) in [5.41, 5.74) is 0. The lowest BCUT2D eigenvalue weighted by molar-refractivity contribution is -0.139. The van der Waals surface area contributed by atoms with Gasteiger partial charge in [-0.3, -0.25) is 4.79 Å². The molecule has 2 heterocycles. The minimum Gasteiger partial charge on any atom is -0.337 e. The van der Waals surface area contributed by atoms with Crippen LogP contribution in [0.5, 0.6) is 0 Å². The maximum atomic E-state index is 10.9. The molecular weight excluding hydrogens is 134 g/mol. The first-order valence-electron chi connectivity index (χ1n) is 2.89. The Morgan fingerprint density at radius 3 is 3.22 bits per heavy atom. The average molecular weight is 141 g/mol. The van der Waals surface area contributed by atoms with E-state index in [1.807, 2.05) is 12.5 Å². The van der Waals surface area contributed by atoms with E-state index >= 15 is 0 Å². The lowest BCUT2D eigenvalue weighted by Gasteiger charge is -2.39. The average Bonchev–Trinajstić information content (AvgIpc) is 2.30. The van der Waals surface area contributed by atoms with Gasteiger partial charge in [0.2, 0.25) is 5.91 Å². The SMILES string of the molecule is CN1C(=O)[C@H]2SC=C[C@H]21. The Labute approximate surface area is 57.9 Å². The lowest BCUT2D eigenvalue weighted by atomic mass is 10.0. The van der Waals surface area contributed by atoms with Crippen LogP contribution in [0.25, 0.3) is 0 Å². The van der Waals surface area contributed by atoms with Crippen LogP contribution in [0.1, 0.15) is 0 Å². The fourth-order valence-corrected chi connectivity index (χ4v) is 2.33.